The summed E-state index contributed by atoms with van der Waals surface area (Å²) in [6.07, 6.45) is 0. The Morgan fingerprint density at radius 1 is 1.05 bits per heavy atom. The topological polar surface area (TPSA) is 52.6 Å². The van der Waals surface area contributed by atoms with Gasteiger partial charge < -0.3 is 10.4 Å². The van der Waals surface area contributed by atoms with Gasteiger partial charge in [-0.3, -0.25) is 9.69 Å². The third-order valence-electron chi connectivity index (χ3n) is 3.33. The van der Waals surface area contributed by atoms with Crippen molar-refractivity contribution in [1.82, 2.24) is 10.2 Å². The predicted molar refractivity (Wildman–Crippen MR) is 87.5 cm³/mol. The van der Waals surface area contributed by atoms with E-state index in [1.54, 1.807) is 6.07 Å². The van der Waals surface area contributed by atoms with Crippen molar-refractivity contribution in [3.63, 3.8) is 0 Å². The number of carbonyl (C=O) groups is 1. The molecule has 0 unspecified atom stereocenters. The smallest absolute Gasteiger partial charge is 0.251 e. The molecule has 0 aliphatic carbocycles. The molecule has 4 heteroatoms. The number of carbonyl (C=O) groups excluding carboxylic acids is 1. The van der Waals surface area contributed by atoms with Gasteiger partial charge in [-0.05, 0) is 30.3 Å². The first-order valence-corrected chi connectivity index (χ1v) is 7.39. The molecule has 0 radical (unpaired) electrons. The summed E-state index contributed by atoms with van der Waals surface area (Å²) in [6.45, 7) is 1.86. The lowest BCUT2D eigenvalue weighted by Gasteiger charge is -2.17. The van der Waals surface area contributed by atoms with Crippen molar-refractivity contribution in [3.05, 3.63) is 71.3 Å². The van der Waals surface area contributed by atoms with Gasteiger partial charge in [0.1, 0.15) is 0 Å². The summed E-state index contributed by atoms with van der Waals surface area (Å²) in [7, 11) is 2.06. The molecule has 2 aromatic rings. The third kappa shape index (κ3) is 4.98. The number of rotatable bonds is 7. The minimum absolute atomic E-state index is 0.0504. The summed E-state index contributed by atoms with van der Waals surface area (Å²) in [5, 5.41) is 11.4. The first kappa shape index (κ1) is 16.2. The summed E-state index contributed by atoms with van der Waals surface area (Å²) in [5.41, 5.74) is 2.98. The molecule has 0 saturated heterocycles. The fourth-order valence-electron chi connectivity index (χ4n) is 2.35. The molecule has 4 nitrogen and oxygen atoms in total. The standard InChI is InChI=1S/C18H22N2O2/c1-20(13-15-6-3-2-4-7-15)14-16-8-5-9-17(12-16)18(22)19-10-11-21/h2-9,12,21H,10-11,13-14H2,1H3,(H,19,22). The van der Waals surface area contributed by atoms with Crippen LogP contribution < -0.4 is 5.32 Å². The van der Waals surface area contributed by atoms with Crippen molar-refractivity contribution in [2.75, 3.05) is 20.2 Å². The van der Waals surface area contributed by atoms with E-state index in [1.807, 2.05) is 36.4 Å². The van der Waals surface area contributed by atoms with Crippen LogP contribution in [-0.4, -0.2) is 36.1 Å². The van der Waals surface area contributed by atoms with Crippen LogP contribution in [-0.2, 0) is 13.1 Å². The molecule has 2 aromatic carbocycles. The molecule has 2 rings (SSSR count). The van der Waals surface area contributed by atoms with Gasteiger partial charge >= 0.3 is 0 Å². The molecule has 0 aliphatic rings. The molecule has 116 valence electrons. The molecule has 1 amide bonds. The summed E-state index contributed by atoms with van der Waals surface area (Å²) in [6, 6.07) is 17.9. The molecule has 0 atom stereocenters. The van der Waals surface area contributed by atoms with E-state index in [0.717, 1.165) is 18.7 Å². The highest BCUT2D eigenvalue weighted by molar-refractivity contribution is 5.94. The molecule has 0 aromatic heterocycles. The largest absolute Gasteiger partial charge is 0.395 e. The molecule has 0 saturated carbocycles. The third-order valence-corrected chi connectivity index (χ3v) is 3.33. The number of hydrogen-bond donors (Lipinski definition) is 2. The number of nitrogens with zero attached hydrogens (tertiary/aromatic N) is 1. The minimum atomic E-state index is -0.151. The Morgan fingerprint density at radius 3 is 2.45 bits per heavy atom. The highest BCUT2D eigenvalue weighted by atomic mass is 16.3. The van der Waals surface area contributed by atoms with E-state index in [1.165, 1.54) is 5.56 Å². The van der Waals surface area contributed by atoms with Gasteiger partial charge in [-0.15, -0.1) is 0 Å². The number of hydrogen-bond acceptors (Lipinski definition) is 3. The summed E-state index contributed by atoms with van der Waals surface area (Å²) in [4.78, 5) is 14.1. The van der Waals surface area contributed by atoms with Gasteiger partial charge in [-0.25, -0.2) is 0 Å². The average Bonchev–Trinajstić information content (AvgIpc) is 2.53. The second-order valence-corrected chi connectivity index (χ2v) is 5.34. The van der Waals surface area contributed by atoms with Crippen LogP contribution in [0.15, 0.2) is 54.6 Å². The van der Waals surface area contributed by atoms with Crippen molar-refractivity contribution in [1.29, 1.82) is 0 Å². The van der Waals surface area contributed by atoms with Gasteiger partial charge in [0, 0.05) is 25.2 Å². The number of amides is 1. The van der Waals surface area contributed by atoms with Crippen LogP contribution >= 0.6 is 0 Å². The van der Waals surface area contributed by atoms with Crippen molar-refractivity contribution in [2.24, 2.45) is 0 Å². The maximum atomic E-state index is 11.9. The van der Waals surface area contributed by atoms with Crippen LogP contribution in [0.25, 0.3) is 0 Å². The Morgan fingerprint density at radius 2 is 1.73 bits per heavy atom. The minimum Gasteiger partial charge on any atom is -0.395 e. The molecule has 22 heavy (non-hydrogen) atoms. The Kier molecular flexibility index (Phi) is 6.13. The number of nitrogens with one attached hydrogen (secondary N) is 1. The van der Waals surface area contributed by atoms with Crippen molar-refractivity contribution in [3.8, 4) is 0 Å². The van der Waals surface area contributed by atoms with Gasteiger partial charge in [0.2, 0.25) is 0 Å². The molecule has 0 spiro atoms. The first-order chi connectivity index (χ1) is 10.7. The van der Waals surface area contributed by atoms with E-state index in [0.29, 0.717) is 5.56 Å². The van der Waals surface area contributed by atoms with Crippen LogP contribution in [0.1, 0.15) is 21.5 Å². The zero-order valence-corrected chi connectivity index (χ0v) is 12.8. The molecule has 0 fully saturated rings. The van der Waals surface area contributed by atoms with Gasteiger partial charge in [0.05, 0.1) is 6.61 Å². The Balaban J connectivity index is 1.96. The van der Waals surface area contributed by atoms with Crippen LogP contribution in [0.4, 0.5) is 0 Å². The highest BCUT2D eigenvalue weighted by Crippen LogP contribution is 2.10. The normalized spacial score (nSPS) is 10.7. The fourth-order valence-corrected chi connectivity index (χ4v) is 2.35. The zero-order chi connectivity index (χ0) is 15.8. The van der Waals surface area contributed by atoms with Crippen LogP contribution in [0.5, 0.6) is 0 Å². The number of aliphatic hydroxyl groups is 1. The second-order valence-electron chi connectivity index (χ2n) is 5.34. The van der Waals surface area contributed by atoms with Gasteiger partial charge in [-0.1, -0.05) is 42.5 Å². The second kappa shape index (κ2) is 8.32. The number of benzene rings is 2. The molecular weight excluding hydrogens is 276 g/mol. The van der Waals surface area contributed by atoms with Crippen LogP contribution in [0.3, 0.4) is 0 Å². The van der Waals surface area contributed by atoms with Crippen LogP contribution in [0, 0.1) is 0 Å². The lowest BCUT2D eigenvalue weighted by Crippen LogP contribution is -2.26. The fraction of sp³-hybridized carbons (Fsp3) is 0.278. The van der Waals surface area contributed by atoms with Gasteiger partial charge in [0.25, 0.3) is 5.91 Å². The molecule has 2 N–H and O–H groups in total. The summed E-state index contributed by atoms with van der Waals surface area (Å²) in [5.74, 6) is -0.151. The quantitative estimate of drug-likeness (QED) is 0.822. The summed E-state index contributed by atoms with van der Waals surface area (Å²) < 4.78 is 0. The Labute approximate surface area is 131 Å². The van der Waals surface area contributed by atoms with Gasteiger partial charge in [-0.2, -0.15) is 0 Å². The maximum Gasteiger partial charge on any atom is 0.251 e. The number of aliphatic hydroxyl groups excluding tert-OH is 1. The predicted octanol–water partition coefficient (Wildman–Crippen LogP) is 2.04. The first-order valence-electron chi connectivity index (χ1n) is 7.39. The van der Waals surface area contributed by atoms with Crippen LogP contribution in [0.2, 0.25) is 0 Å². The van der Waals surface area contributed by atoms with E-state index in [2.05, 4.69) is 29.4 Å². The zero-order valence-electron chi connectivity index (χ0n) is 12.8. The van der Waals surface area contributed by atoms with E-state index in [4.69, 9.17) is 5.11 Å². The Hall–Kier alpha value is -2.17. The molecular formula is C18H22N2O2. The van der Waals surface area contributed by atoms with E-state index >= 15 is 0 Å². The molecule has 0 heterocycles. The van der Waals surface area contributed by atoms with E-state index in [9.17, 15) is 4.79 Å². The monoisotopic (exact) mass is 298 g/mol. The maximum absolute atomic E-state index is 11.9. The van der Waals surface area contributed by atoms with E-state index < -0.39 is 0 Å². The molecule has 0 bridgehead atoms. The SMILES string of the molecule is CN(Cc1ccccc1)Cc1cccc(C(=O)NCCO)c1. The Bertz CT molecular complexity index is 599. The average molecular weight is 298 g/mol. The van der Waals surface area contributed by atoms with Crippen molar-refractivity contribution >= 4 is 5.91 Å². The van der Waals surface area contributed by atoms with Crippen molar-refractivity contribution < 1.29 is 9.90 Å². The highest BCUT2D eigenvalue weighted by Gasteiger charge is 2.07. The van der Waals surface area contributed by atoms with Crippen molar-refractivity contribution in [2.45, 2.75) is 13.1 Å². The summed E-state index contributed by atoms with van der Waals surface area (Å²) >= 11 is 0. The van der Waals surface area contributed by atoms with E-state index in [-0.39, 0.29) is 19.1 Å². The lowest BCUT2D eigenvalue weighted by molar-refractivity contribution is 0.0944. The molecule has 0 aliphatic heterocycles. The lowest BCUT2D eigenvalue weighted by atomic mass is 10.1. The van der Waals surface area contributed by atoms with Gasteiger partial charge in [0.15, 0.2) is 0 Å².